The highest BCUT2D eigenvalue weighted by atomic mass is 17.2. The van der Waals surface area contributed by atoms with Crippen LogP contribution >= 0.6 is 0 Å². The number of rotatable bonds is 18. The minimum absolute atomic E-state index is 0.544. The Morgan fingerprint density at radius 2 is 1.08 bits per heavy atom. The van der Waals surface area contributed by atoms with Crippen LogP contribution in [0.1, 0.15) is 102 Å². The number of unbranched alkanes of at least 4 members (excludes halogenated alkanes) is 13. The molecular formula is C24H42O2. The van der Waals surface area contributed by atoms with E-state index in [0.717, 1.165) is 12.8 Å². The lowest BCUT2D eigenvalue weighted by molar-refractivity contribution is -0.794. The van der Waals surface area contributed by atoms with Gasteiger partial charge in [-0.3, -0.25) is 0 Å². The Labute approximate surface area is 162 Å². The maximum absolute atomic E-state index is 11.8. The van der Waals surface area contributed by atoms with Crippen molar-refractivity contribution in [1.29, 1.82) is 0 Å². The lowest BCUT2D eigenvalue weighted by atomic mass is 10.0. The van der Waals surface area contributed by atoms with Crippen LogP contribution in [0.2, 0.25) is 0 Å². The Bertz CT molecular complexity index is 390. The predicted octanol–water partition coefficient (Wildman–Crippen LogP) is 6.54. The summed E-state index contributed by atoms with van der Waals surface area (Å²) in [5.41, 5.74) is 1.24. The van der Waals surface area contributed by atoms with Crippen molar-refractivity contribution < 1.29 is 9.78 Å². The van der Waals surface area contributed by atoms with Gasteiger partial charge in [-0.25, -0.2) is 0 Å². The Morgan fingerprint density at radius 1 is 0.615 bits per heavy atom. The summed E-state index contributed by atoms with van der Waals surface area (Å²) in [7, 11) is 0. The van der Waals surface area contributed by atoms with Gasteiger partial charge in [0.05, 0.1) is 0 Å². The van der Waals surface area contributed by atoms with Gasteiger partial charge in [0, 0.05) is 12.8 Å². The van der Waals surface area contributed by atoms with E-state index < -0.39 is 0 Å². The highest BCUT2D eigenvalue weighted by molar-refractivity contribution is 5.14. The summed E-state index contributed by atoms with van der Waals surface area (Å²) in [5, 5.41) is 11.8. The molecule has 0 aliphatic carbocycles. The van der Waals surface area contributed by atoms with Gasteiger partial charge in [0.1, 0.15) is 0 Å². The van der Waals surface area contributed by atoms with Gasteiger partial charge in [-0.1, -0.05) is 114 Å². The molecule has 150 valence electrons. The summed E-state index contributed by atoms with van der Waals surface area (Å²) >= 11 is 0. The van der Waals surface area contributed by atoms with Crippen LogP contribution in [-0.4, -0.2) is 13.2 Å². The molecule has 0 spiro atoms. The standard InChI is InChI=1S/C24H42O2/c1-2-3-4-5-6-7-8-9-10-11-12-13-14-18-22-26(25)23-21-24-19-16-15-17-20-24/h15-17,19-20H,2-14,18,21-23H2,1H3. The molecule has 0 radical (unpaired) electrons. The van der Waals surface area contributed by atoms with Crippen molar-refractivity contribution in [2.45, 2.75) is 103 Å². The lowest BCUT2D eigenvalue weighted by Gasteiger charge is -2.20. The van der Waals surface area contributed by atoms with Gasteiger partial charge < -0.3 is 9.78 Å². The quantitative estimate of drug-likeness (QED) is 0.126. The Balaban J connectivity index is 1.77. The van der Waals surface area contributed by atoms with Gasteiger partial charge >= 0.3 is 0 Å². The molecular weight excluding hydrogens is 320 g/mol. The van der Waals surface area contributed by atoms with E-state index in [2.05, 4.69) is 19.1 Å². The molecule has 26 heavy (non-hydrogen) atoms. The highest BCUT2D eigenvalue weighted by Crippen LogP contribution is 2.13. The second-order valence-corrected chi connectivity index (χ2v) is 7.68. The van der Waals surface area contributed by atoms with Crippen molar-refractivity contribution in [3.05, 3.63) is 35.9 Å². The fourth-order valence-electron chi connectivity index (χ4n) is 3.44. The molecule has 0 amide bonds. The van der Waals surface area contributed by atoms with Crippen molar-refractivity contribution in [2.75, 3.05) is 13.2 Å². The molecule has 0 heterocycles. The molecule has 0 unspecified atom stereocenters. The van der Waals surface area contributed by atoms with Crippen LogP contribution in [0.5, 0.6) is 0 Å². The summed E-state index contributed by atoms with van der Waals surface area (Å²) in [5.74, 6) is 0. The van der Waals surface area contributed by atoms with Gasteiger partial charge in [0.15, 0.2) is 13.2 Å². The summed E-state index contributed by atoms with van der Waals surface area (Å²) in [6.45, 7) is 3.44. The molecule has 0 saturated heterocycles. The van der Waals surface area contributed by atoms with Gasteiger partial charge in [-0.2, -0.15) is 0 Å². The molecule has 0 aliphatic heterocycles. The predicted molar refractivity (Wildman–Crippen MR) is 111 cm³/mol. The molecule has 0 aliphatic rings. The summed E-state index contributed by atoms with van der Waals surface area (Å²) in [4.78, 5) is 0. The van der Waals surface area contributed by atoms with E-state index in [0.29, 0.717) is 13.2 Å². The molecule has 0 N–H and O–H groups in total. The Kier molecular flexibility index (Phi) is 15.6. The van der Waals surface area contributed by atoms with E-state index in [9.17, 15) is 5.26 Å². The maximum Gasteiger partial charge on any atom is 0.155 e. The average Bonchev–Trinajstić information content (AvgIpc) is 2.67. The third-order valence-corrected chi connectivity index (χ3v) is 5.19. The minimum Gasteiger partial charge on any atom is -0.534 e. The van der Waals surface area contributed by atoms with Crippen molar-refractivity contribution in [2.24, 2.45) is 0 Å². The fourth-order valence-corrected chi connectivity index (χ4v) is 3.44. The molecule has 2 heteroatoms. The number of hydrogen-bond acceptors (Lipinski definition) is 1. The van der Waals surface area contributed by atoms with Gasteiger partial charge in [-0.05, 0) is 12.0 Å². The van der Waals surface area contributed by atoms with Crippen LogP contribution in [0, 0.1) is 0 Å². The molecule has 0 bridgehead atoms. The third kappa shape index (κ3) is 14.3. The van der Waals surface area contributed by atoms with Crippen LogP contribution in [-0.2, 0) is 10.9 Å². The number of hydrogen-bond donors (Lipinski definition) is 0. The summed E-state index contributed by atoms with van der Waals surface area (Å²) in [6, 6.07) is 10.2. The molecule has 0 saturated carbocycles. The van der Waals surface area contributed by atoms with E-state index in [1.807, 2.05) is 22.7 Å². The first kappa shape index (κ1) is 23.2. The Hall–Kier alpha value is -0.860. The molecule has 1 rings (SSSR count). The van der Waals surface area contributed by atoms with Crippen LogP contribution in [0.15, 0.2) is 30.3 Å². The second-order valence-electron chi connectivity index (χ2n) is 7.68. The van der Waals surface area contributed by atoms with Crippen LogP contribution in [0.3, 0.4) is 0 Å². The zero-order valence-electron chi connectivity index (χ0n) is 17.2. The van der Waals surface area contributed by atoms with E-state index in [1.54, 1.807) is 0 Å². The molecule has 0 aromatic heterocycles. The van der Waals surface area contributed by atoms with Crippen molar-refractivity contribution in [3.63, 3.8) is 0 Å². The summed E-state index contributed by atoms with van der Waals surface area (Å²) < 4.78 is 2.05. The smallest absolute Gasteiger partial charge is 0.155 e. The molecule has 2 nitrogen and oxygen atoms in total. The average molecular weight is 363 g/mol. The van der Waals surface area contributed by atoms with Crippen LogP contribution < -0.4 is 5.26 Å². The molecule has 1 aromatic rings. The third-order valence-electron chi connectivity index (χ3n) is 5.19. The first-order valence-electron chi connectivity index (χ1n) is 11.2. The topological polar surface area (TPSA) is 25.8 Å². The molecule has 0 atom stereocenters. The first-order valence-corrected chi connectivity index (χ1v) is 11.2. The monoisotopic (exact) mass is 362 g/mol. The van der Waals surface area contributed by atoms with Crippen molar-refractivity contribution in [1.82, 2.24) is 0 Å². The van der Waals surface area contributed by atoms with E-state index in [-0.39, 0.29) is 0 Å². The normalized spacial score (nSPS) is 11.3. The van der Waals surface area contributed by atoms with Gasteiger partial charge in [0.2, 0.25) is 0 Å². The zero-order valence-corrected chi connectivity index (χ0v) is 17.2. The minimum atomic E-state index is 0.544. The SMILES string of the molecule is CCCCCCCCCCCCCCCC[O+]([O-])CCc1ccccc1. The Morgan fingerprint density at radius 3 is 1.58 bits per heavy atom. The van der Waals surface area contributed by atoms with Gasteiger partial charge in [-0.15, -0.1) is 0 Å². The lowest BCUT2D eigenvalue weighted by Crippen LogP contribution is -2.29. The zero-order chi connectivity index (χ0) is 18.7. The second kappa shape index (κ2) is 17.5. The molecule has 1 aromatic carbocycles. The van der Waals surface area contributed by atoms with E-state index in [4.69, 9.17) is 0 Å². The first-order chi connectivity index (χ1) is 12.8. The summed E-state index contributed by atoms with van der Waals surface area (Å²) in [6.07, 6.45) is 19.8. The number of benzene rings is 1. The van der Waals surface area contributed by atoms with E-state index in [1.165, 1.54) is 89.0 Å². The van der Waals surface area contributed by atoms with Crippen LogP contribution in [0.25, 0.3) is 0 Å². The van der Waals surface area contributed by atoms with Crippen molar-refractivity contribution in [3.8, 4) is 0 Å². The maximum atomic E-state index is 11.8. The van der Waals surface area contributed by atoms with Crippen LogP contribution in [0.4, 0.5) is 0 Å². The van der Waals surface area contributed by atoms with E-state index >= 15 is 0 Å². The van der Waals surface area contributed by atoms with Gasteiger partial charge in [0.25, 0.3) is 0 Å². The largest absolute Gasteiger partial charge is 0.534 e. The fraction of sp³-hybridized carbons (Fsp3) is 0.750. The van der Waals surface area contributed by atoms with Crippen molar-refractivity contribution >= 4 is 0 Å². The highest BCUT2D eigenvalue weighted by Gasteiger charge is 2.01. The molecule has 0 fully saturated rings.